The Balaban J connectivity index is 2.25. The summed E-state index contributed by atoms with van der Waals surface area (Å²) in [4.78, 5) is 37.7. The van der Waals surface area contributed by atoms with E-state index in [1.807, 2.05) is 0 Å². The van der Waals surface area contributed by atoms with Crippen LogP contribution >= 0.6 is 0 Å². The van der Waals surface area contributed by atoms with Crippen LogP contribution in [0.25, 0.3) is 11.1 Å². The van der Waals surface area contributed by atoms with Crippen molar-refractivity contribution in [3.63, 3.8) is 0 Å². The molecule has 0 atom stereocenters. The van der Waals surface area contributed by atoms with E-state index in [1.165, 1.54) is 23.5 Å². The van der Waals surface area contributed by atoms with E-state index in [9.17, 15) is 14.4 Å². The van der Waals surface area contributed by atoms with Gasteiger partial charge in [-0.2, -0.15) is 0 Å². The Morgan fingerprint density at radius 2 is 2.10 bits per heavy atom. The van der Waals surface area contributed by atoms with Crippen LogP contribution in [0.4, 0.5) is 0 Å². The Morgan fingerprint density at radius 3 is 2.75 bits per heavy atom. The third-order valence-electron chi connectivity index (χ3n) is 3.80. The van der Waals surface area contributed by atoms with Gasteiger partial charge < -0.3 is 4.42 Å². The van der Waals surface area contributed by atoms with Crippen molar-refractivity contribution in [2.75, 3.05) is 0 Å². The quantitative estimate of drug-likeness (QED) is 0.903. The van der Waals surface area contributed by atoms with Gasteiger partial charge in [0, 0.05) is 12.6 Å². The first-order valence-corrected chi connectivity index (χ1v) is 6.90. The SMILES string of the molecule is CCn1c(=O)[nH]c(=O)c2c(CCC3CC3)cc(=O)oc21. The van der Waals surface area contributed by atoms with Crippen LogP contribution in [-0.4, -0.2) is 9.55 Å². The number of aromatic amines is 1. The molecule has 2 heterocycles. The van der Waals surface area contributed by atoms with Gasteiger partial charge in [0.2, 0.25) is 5.71 Å². The van der Waals surface area contributed by atoms with Gasteiger partial charge in [-0.25, -0.2) is 9.59 Å². The number of rotatable bonds is 4. The van der Waals surface area contributed by atoms with Gasteiger partial charge in [0.05, 0.1) is 0 Å². The van der Waals surface area contributed by atoms with Crippen molar-refractivity contribution in [2.24, 2.45) is 5.92 Å². The number of H-pyrrole nitrogens is 1. The molecular formula is C14H16N2O4. The van der Waals surface area contributed by atoms with Crippen molar-refractivity contribution in [3.8, 4) is 0 Å². The van der Waals surface area contributed by atoms with Gasteiger partial charge >= 0.3 is 11.3 Å². The summed E-state index contributed by atoms with van der Waals surface area (Å²) in [5.74, 6) is 0.702. The topological polar surface area (TPSA) is 85.1 Å². The van der Waals surface area contributed by atoms with Crippen LogP contribution in [-0.2, 0) is 13.0 Å². The van der Waals surface area contributed by atoms with Crippen molar-refractivity contribution < 1.29 is 4.42 Å². The maximum absolute atomic E-state index is 12.0. The highest BCUT2D eigenvalue weighted by molar-refractivity contribution is 5.75. The maximum Gasteiger partial charge on any atom is 0.337 e. The first-order valence-electron chi connectivity index (χ1n) is 6.90. The molecule has 106 valence electrons. The molecule has 2 aromatic heterocycles. The Kier molecular flexibility index (Phi) is 3.08. The Morgan fingerprint density at radius 1 is 1.35 bits per heavy atom. The van der Waals surface area contributed by atoms with E-state index in [-0.39, 0.29) is 5.71 Å². The molecule has 1 fully saturated rings. The Hall–Kier alpha value is -2.11. The minimum Gasteiger partial charge on any atom is -0.405 e. The van der Waals surface area contributed by atoms with Gasteiger partial charge in [-0.05, 0) is 31.2 Å². The van der Waals surface area contributed by atoms with Gasteiger partial charge in [0.15, 0.2) is 0 Å². The maximum atomic E-state index is 12.0. The molecule has 0 aromatic carbocycles. The highest BCUT2D eigenvalue weighted by Crippen LogP contribution is 2.33. The van der Waals surface area contributed by atoms with E-state index < -0.39 is 16.9 Å². The molecule has 0 aliphatic heterocycles. The molecule has 0 saturated heterocycles. The molecule has 20 heavy (non-hydrogen) atoms. The first kappa shape index (κ1) is 12.9. The lowest BCUT2D eigenvalue weighted by atomic mass is 10.1. The molecule has 1 N–H and O–H groups in total. The highest BCUT2D eigenvalue weighted by Gasteiger charge is 2.22. The zero-order valence-electron chi connectivity index (χ0n) is 11.3. The molecule has 0 spiro atoms. The molecule has 0 radical (unpaired) electrons. The van der Waals surface area contributed by atoms with Crippen LogP contribution < -0.4 is 16.9 Å². The van der Waals surface area contributed by atoms with Crippen LogP contribution in [0.2, 0.25) is 0 Å². The molecule has 2 aromatic rings. The first-order chi connectivity index (χ1) is 9.60. The fourth-order valence-corrected chi connectivity index (χ4v) is 2.53. The summed E-state index contributed by atoms with van der Waals surface area (Å²) in [6.45, 7) is 2.09. The molecule has 1 aliphatic carbocycles. The summed E-state index contributed by atoms with van der Waals surface area (Å²) in [5, 5.41) is 0.326. The fourth-order valence-electron chi connectivity index (χ4n) is 2.53. The number of nitrogens with zero attached hydrogens (tertiary/aromatic N) is 1. The summed E-state index contributed by atoms with van der Waals surface area (Å²) in [6.07, 6.45) is 4.06. The molecule has 3 rings (SSSR count). The molecule has 0 bridgehead atoms. The normalized spacial score (nSPS) is 14.8. The minimum absolute atomic E-state index is 0.0829. The number of hydrogen-bond acceptors (Lipinski definition) is 4. The predicted molar refractivity (Wildman–Crippen MR) is 74.1 cm³/mol. The third kappa shape index (κ3) is 2.21. The van der Waals surface area contributed by atoms with Gasteiger partial charge in [-0.1, -0.05) is 12.8 Å². The van der Waals surface area contributed by atoms with Crippen molar-refractivity contribution in [3.05, 3.63) is 42.9 Å². The summed E-state index contributed by atoms with van der Waals surface area (Å²) in [7, 11) is 0. The van der Waals surface area contributed by atoms with Crippen molar-refractivity contribution in [1.29, 1.82) is 0 Å². The summed E-state index contributed by atoms with van der Waals surface area (Å²) in [6, 6.07) is 1.37. The second-order valence-corrected chi connectivity index (χ2v) is 5.26. The number of aromatic nitrogens is 2. The fraction of sp³-hybridized carbons (Fsp3) is 0.500. The van der Waals surface area contributed by atoms with E-state index in [0.717, 1.165) is 6.42 Å². The molecule has 6 heteroatoms. The van der Waals surface area contributed by atoms with E-state index in [4.69, 9.17) is 4.42 Å². The van der Waals surface area contributed by atoms with Gasteiger partial charge in [0.25, 0.3) is 5.56 Å². The third-order valence-corrected chi connectivity index (χ3v) is 3.80. The average Bonchev–Trinajstić information content (AvgIpc) is 3.19. The zero-order chi connectivity index (χ0) is 14.3. The predicted octanol–water partition coefficient (Wildman–Crippen LogP) is 1.01. The lowest BCUT2D eigenvalue weighted by molar-refractivity contribution is 0.510. The average molecular weight is 276 g/mol. The van der Waals surface area contributed by atoms with Crippen LogP contribution in [0, 0.1) is 5.92 Å². The van der Waals surface area contributed by atoms with Crippen LogP contribution in [0.5, 0.6) is 0 Å². The molecule has 0 unspecified atom stereocenters. The number of nitrogens with one attached hydrogen (secondary N) is 1. The molecular weight excluding hydrogens is 260 g/mol. The van der Waals surface area contributed by atoms with Crippen LogP contribution in [0.1, 0.15) is 31.7 Å². The van der Waals surface area contributed by atoms with Crippen LogP contribution in [0.15, 0.2) is 24.9 Å². The minimum atomic E-state index is -0.549. The number of fused-ring (bicyclic) bond motifs is 1. The Bertz CT molecular complexity index is 824. The standard InChI is InChI=1S/C14H16N2O4/c1-2-16-13-11(12(18)15-14(16)19)9(7-10(17)20-13)6-5-8-3-4-8/h7-8H,2-6H2,1H3,(H,15,18,19). The van der Waals surface area contributed by atoms with E-state index in [0.29, 0.717) is 29.8 Å². The second kappa shape index (κ2) is 4.77. The molecule has 0 amide bonds. The van der Waals surface area contributed by atoms with E-state index >= 15 is 0 Å². The Labute approximate surface area is 114 Å². The van der Waals surface area contributed by atoms with Crippen LogP contribution in [0.3, 0.4) is 0 Å². The van der Waals surface area contributed by atoms with Crippen molar-refractivity contribution >= 4 is 11.1 Å². The second-order valence-electron chi connectivity index (χ2n) is 5.26. The van der Waals surface area contributed by atoms with Crippen molar-refractivity contribution in [2.45, 2.75) is 39.2 Å². The summed E-state index contributed by atoms with van der Waals surface area (Å²) >= 11 is 0. The zero-order valence-corrected chi connectivity index (χ0v) is 11.3. The van der Waals surface area contributed by atoms with Crippen molar-refractivity contribution in [1.82, 2.24) is 9.55 Å². The largest absolute Gasteiger partial charge is 0.405 e. The van der Waals surface area contributed by atoms with Gasteiger partial charge in [-0.3, -0.25) is 14.3 Å². The lowest BCUT2D eigenvalue weighted by Gasteiger charge is -2.08. The number of hydrogen-bond donors (Lipinski definition) is 1. The lowest BCUT2D eigenvalue weighted by Crippen LogP contribution is -2.31. The molecule has 1 saturated carbocycles. The highest BCUT2D eigenvalue weighted by atomic mass is 16.4. The molecule has 6 nitrogen and oxygen atoms in total. The summed E-state index contributed by atoms with van der Waals surface area (Å²) in [5.41, 5.74) is -0.793. The van der Waals surface area contributed by atoms with E-state index in [1.54, 1.807) is 6.92 Å². The summed E-state index contributed by atoms with van der Waals surface area (Å²) < 4.78 is 6.37. The monoisotopic (exact) mass is 276 g/mol. The van der Waals surface area contributed by atoms with Gasteiger partial charge in [-0.15, -0.1) is 0 Å². The number of aryl methyl sites for hydroxylation is 2. The molecule has 1 aliphatic rings. The van der Waals surface area contributed by atoms with E-state index in [2.05, 4.69) is 4.98 Å². The smallest absolute Gasteiger partial charge is 0.337 e. The van der Waals surface area contributed by atoms with Gasteiger partial charge in [0.1, 0.15) is 5.39 Å².